The standard InChI is InChI=1S/C17H13F3N2O2/c1-17(13-8-12(19)6-7-14(13)20)15(23)22(16(24)21-17)9-10-2-4-11(18)5-3-10/h2-8H,9H2,1H3,(H,21,24)/t17-/m0/s1. The topological polar surface area (TPSA) is 49.4 Å². The molecule has 2 aromatic rings. The first-order valence-corrected chi connectivity index (χ1v) is 7.15. The third kappa shape index (κ3) is 2.62. The number of rotatable bonds is 3. The Bertz CT molecular complexity index is 823. The van der Waals surface area contributed by atoms with Gasteiger partial charge in [0.15, 0.2) is 0 Å². The Morgan fingerprint density at radius 2 is 1.62 bits per heavy atom. The number of benzene rings is 2. The minimum atomic E-state index is -1.71. The molecule has 3 rings (SSSR count). The zero-order chi connectivity index (χ0) is 17.5. The fraction of sp³-hybridized carbons (Fsp3) is 0.176. The van der Waals surface area contributed by atoms with Crippen LogP contribution in [0.5, 0.6) is 0 Å². The van der Waals surface area contributed by atoms with Gasteiger partial charge < -0.3 is 5.32 Å². The Balaban J connectivity index is 1.93. The number of carbonyl (C=O) groups excluding carboxylic acids is 2. The predicted octanol–water partition coefficient (Wildman–Crippen LogP) is 3.07. The fourth-order valence-corrected chi connectivity index (χ4v) is 2.68. The third-order valence-electron chi connectivity index (χ3n) is 4.00. The van der Waals surface area contributed by atoms with Gasteiger partial charge in [-0.1, -0.05) is 12.1 Å². The average molecular weight is 334 g/mol. The number of carbonyl (C=O) groups is 2. The van der Waals surface area contributed by atoms with Gasteiger partial charge in [-0.3, -0.25) is 9.69 Å². The molecule has 4 nitrogen and oxygen atoms in total. The van der Waals surface area contributed by atoms with E-state index in [1.165, 1.54) is 31.2 Å². The van der Waals surface area contributed by atoms with Gasteiger partial charge in [0, 0.05) is 5.56 Å². The molecular weight excluding hydrogens is 321 g/mol. The van der Waals surface area contributed by atoms with E-state index in [4.69, 9.17) is 0 Å². The lowest BCUT2D eigenvalue weighted by molar-refractivity contribution is -0.131. The van der Waals surface area contributed by atoms with E-state index in [0.29, 0.717) is 5.56 Å². The van der Waals surface area contributed by atoms with Crippen molar-refractivity contribution in [3.8, 4) is 0 Å². The van der Waals surface area contributed by atoms with Gasteiger partial charge in [-0.05, 0) is 42.8 Å². The molecule has 0 spiro atoms. The maximum Gasteiger partial charge on any atom is 0.325 e. The summed E-state index contributed by atoms with van der Waals surface area (Å²) in [5, 5.41) is 2.40. The largest absolute Gasteiger partial charge is 0.325 e. The molecule has 0 saturated carbocycles. The van der Waals surface area contributed by atoms with Crippen molar-refractivity contribution in [2.45, 2.75) is 19.0 Å². The summed E-state index contributed by atoms with van der Waals surface area (Å²) in [5.74, 6) is -2.66. The van der Waals surface area contributed by atoms with Crippen LogP contribution in [0, 0.1) is 17.5 Å². The van der Waals surface area contributed by atoms with Crippen LogP contribution in [0.4, 0.5) is 18.0 Å². The van der Waals surface area contributed by atoms with Gasteiger partial charge in [0.25, 0.3) is 5.91 Å². The molecule has 7 heteroatoms. The summed E-state index contributed by atoms with van der Waals surface area (Å²) in [6.45, 7) is 1.22. The van der Waals surface area contributed by atoms with Gasteiger partial charge >= 0.3 is 6.03 Å². The van der Waals surface area contributed by atoms with Gasteiger partial charge in [-0.15, -0.1) is 0 Å². The number of imide groups is 1. The van der Waals surface area contributed by atoms with Gasteiger partial charge in [0.1, 0.15) is 23.0 Å². The van der Waals surface area contributed by atoms with Gasteiger partial charge in [0.2, 0.25) is 0 Å². The van der Waals surface area contributed by atoms with Crippen molar-refractivity contribution in [3.63, 3.8) is 0 Å². The van der Waals surface area contributed by atoms with Crippen molar-refractivity contribution in [1.82, 2.24) is 10.2 Å². The number of hydrogen-bond donors (Lipinski definition) is 1. The molecule has 24 heavy (non-hydrogen) atoms. The quantitative estimate of drug-likeness (QED) is 0.877. The van der Waals surface area contributed by atoms with Crippen molar-refractivity contribution in [2.24, 2.45) is 0 Å². The SMILES string of the molecule is C[C@@]1(c2cc(F)ccc2F)NC(=O)N(Cc2ccc(F)cc2)C1=O. The van der Waals surface area contributed by atoms with Crippen LogP contribution in [0.15, 0.2) is 42.5 Å². The van der Waals surface area contributed by atoms with Crippen LogP contribution in [0.25, 0.3) is 0 Å². The predicted molar refractivity (Wildman–Crippen MR) is 79.2 cm³/mol. The van der Waals surface area contributed by atoms with Crippen molar-refractivity contribution in [2.75, 3.05) is 0 Å². The molecule has 1 fully saturated rings. The number of halogens is 3. The van der Waals surface area contributed by atoms with E-state index in [2.05, 4.69) is 5.32 Å². The summed E-state index contributed by atoms with van der Waals surface area (Å²) in [5.41, 5.74) is -1.42. The summed E-state index contributed by atoms with van der Waals surface area (Å²) >= 11 is 0. The number of hydrogen-bond acceptors (Lipinski definition) is 2. The van der Waals surface area contributed by atoms with Crippen molar-refractivity contribution < 1.29 is 22.8 Å². The van der Waals surface area contributed by atoms with Crippen LogP contribution >= 0.6 is 0 Å². The molecule has 0 aromatic heterocycles. The Kier molecular flexibility index (Phi) is 3.79. The number of amides is 3. The number of nitrogens with zero attached hydrogens (tertiary/aromatic N) is 1. The van der Waals surface area contributed by atoms with E-state index in [9.17, 15) is 22.8 Å². The lowest BCUT2D eigenvalue weighted by Gasteiger charge is -2.22. The monoisotopic (exact) mass is 334 g/mol. The van der Waals surface area contributed by atoms with E-state index < -0.39 is 34.9 Å². The molecule has 0 bridgehead atoms. The highest BCUT2D eigenvalue weighted by Gasteiger charge is 2.50. The smallest absolute Gasteiger partial charge is 0.319 e. The molecule has 1 heterocycles. The summed E-state index contributed by atoms with van der Waals surface area (Å²) in [6.07, 6.45) is 0. The molecule has 1 aliphatic heterocycles. The molecule has 2 aromatic carbocycles. The van der Waals surface area contributed by atoms with Crippen LogP contribution in [0.2, 0.25) is 0 Å². The zero-order valence-electron chi connectivity index (χ0n) is 12.6. The van der Waals surface area contributed by atoms with Gasteiger partial charge in [-0.25, -0.2) is 18.0 Å². The molecule has 1 aliphatic rings. The minimum absolute atomic E-state index is 0.0997. The Morgan fingerprint density at radius 3 is 2.29 bits per heavy atom. The number of nitrogens with one attached hydrogen (secondary N) is 1. The first-order valence-electron chi connectivity index (χ1n) is 7.15. The highest BCUT2D eigenvalue weighted by molar-refractivity contribution is 6.07. The molecule has 0 unspecified atom stereocenters. The summed E-state index contributed by atoms with van der Waals surface area (Å²) < 4.78 is 40.4. The maximum atomic E-state index is 14.0. The Labute approximate surface area is 135 Å². The summed E-state index contributed by atoms with van der Waals surface area (Å²) in [6, 6.07) is 7.28. The molecule has 3 amide bonds. The summed E-state index contributed by atoms with van der Waals surface area (Å²) in [4.78, 5) is 25.7. The van der Waals surface area contributed by atoms with E-state index in [0.717, 1.165) is 23.1 Å². The normalized spacial score (nSPS) is 20.4. The molecule has 0 aliphatic carbocycles. The van der Waals surface area contributed by atoms with Crippen LogP contribution in [-0.2, 0) is 16.9 Å². The first kappa shape index (κ1) is 16.0. The zero-order valence-corrected chi connectivity index (χ0v) is 12.6. The lowest BCUT2D eigenvalue weighted by Crippen LogP contribution is -2.41. The Morgan fingerprint density at radius 1 is 1.00 bits per heavy atom. The van der Waals surface area contributed by atoms with Crippen LogP contribution in [0.1, 0.15) is 18.1 Å². The molecule has 124 valence electrons. The second-order valence-electron chi connectivity index (χ2n) is 5.70. The van der Waals surface area contributed by atoms with Crippen molar-refractivity contribution >= 4 is 11.9 Å². The first-order chi connectivity index (χ1) is 11.3. The van der Waals surface area contributed by atoms with E-state index >= 15 is 0 Å². The van der Waals surface area contributed by atoms with Crippen LogP contribution < -0.4 is 5.32 Å². The lowest BCUT2D eigenvalue weighted by atomic mass is 9.91. The minimum Gasteiger partial charge on any atom is -0.319 e. The van der Waals surface area contributed by atoms with E-state index in [1.54, 1.807) is 0 Å². The number of urea groups is 1. The van der Waals surface area contributed by atoms with E-state index in [1.807, 2.05) is 0 Å². The molecule has 1 N–H and O–H groups in total. The van der Waals surface area contributed by atoms with Gasteiger partial charge in [-0.2, -0.15) is 0 Å². The molecule has 0 radical (unpaired) electrons. The van der Waals surface area contributed by atoms with Crippen LogP contribution in [-0.4, -0.2) is 16.8 Å². The maximum absolute atomic E-state index is 14.0. The van der Waals surface area contributed by atoms with Crippen LogP contribution in [0.3, 0.4) is 0 Å². The van der Waals surface area contributed by atoms with Crippen molar-refractivity contribution in [1.29, 1.82) is 0 Å². The average Bonchev–Trinajstić information content (AvgIpc) is 2.76. The molecular formula is C17H13F3N2O2. The Hall–Kier alpha value is -2.83. The van der Waals surface area contributed by atoms with Crippen molar-refractivity contribution in [3.05, 3.63) is 71.0 Å². The van der Waals surface area contributed by atoms with E-state index in [-0.39, 0.29) is 12.1 Å². The second-order valence-corrected chi connectivity index (χ2v) is 5.70. The fourth-order valence-electron chi connectivity index (χ4n) is 2.68. The highest BCUT2D eigenvalue weighted by Crippen LogP contribution is 2.32. The third-order valence-corrected chi connectivity index (χ3v) is 4.00. The second kappa shape index (κ2) is 5.67. The highest BCUT2D eigenvalue weighted by atomic mass is 19.1. The summed E-state index contributed by atoms with van der Waals surface area (Å²) in [7, 11) is 0. The van der Waals surface area contributed by atoms with Gasteiger partial charge in [0.05, 0.1) is 6.54 Å². The molecule has 1 atom stereocenters. The molecule has 1 saturated heterocycles.